The first-order valence-electron chi connectivity index (χ1n) is 17.3. The smallest absolute Gasteiger partial charge is 0.316 e. The number of aromatic hydroxyl groups is 1. The number of nitrogens with one attached hydrogen (secondary N) is 3. The van der Waals surface area contributed by atoms with E-state index in [0.717, 1.165) is 33.2 Å². The summed E-state index contributed by atoms with van der Waals surface area (Å²) in [7, 11) is 0. The number of benzene rings is 4. The van der Waals surface area contributed by atoms with E-state index in [2.05, 4.69) is 22.5 Å². The lowest BCUT2D eigenvalue weighted by atomic mass is 9.98. The second kappa shape index (κ2) is 16.7. The van der Waals surface area contributed by atoms with Gasteiger partial charge in [-0.05, 0) is 45.8 Å². The molecule has 2 heterocycles. The highest BCUT2D eigenvalue weighted by Crippen LogP contribution is 2.27. The standard InChI is InChI=1S/C40H41N7O6/c1-2-19-41-24-37(49)46-35(22-28-14-16-34(48)17-15-28)39(50)45(27-36(46)43-40(51)42-23-29-8-4-3-5-9-29)26-32-12-7-11-31-18-20-44(38(31)32)25-30-10-6-13-33(21-30)47(52)53/h2-18,20-21,35-36,41,48H,1,19,22-27H2,(H2,42,43,51). The van der Waals surface area contributed by atoms with Gasteiger partial charge in [-0.2, -0.15) is 0 Å². The number of phenols is 1. The third-order valence-electron chi connectivity index (χ3n) is 9.18. The minimum Gasteiger partial charge on any atom is -0.508 e. The summed E-state index contributed by atoms with van der Waals surface area (Å²) >= 11 is 0. The number of non-ortho nitro benzene ring substituents is 1. The molecule has 4 aromatic carbocycles. The molecule has 1 aliphatic heterocycles. The highest BCUT2D eigenvalue weighted by molar-refractivity contribution is 5.91. The van der Waals surface area contributed by atoms with Gasteiger partial charge in [0.25, 0.3) is 5.69 Å². The topological polar surface area (TPSA) is 162 Å². The zero-order valence-corrected chi connectivity index (χ0v) is 29.1. The Labute approximate surface area is 306 Å². The lowest BCUT2D eigenvalue weighted by Gasteiger charge is -2.46. The average Bonchev–Trinajstić information content (AvgIpc) is 3.57. The highest BCUT2D eigenvalue weighted by Gasteiger charge is 2.43. The van der Waals surface area contributed by atoms with Gasteiger partial charge in [-0.25, -0.2) is 4.79 Å². The number of para-hydroxylation sites is 1. The van der Waals surface area contributed by atoms with Crippen LogP contribution in [0.3, 0.4) is 0 Å². The van der Waals surface area contributed by atoms with Gasteiger partial charge in [0, 0.05) is 50.9 Å². The number of fused-ring (bicyclic) bond motifs is 1. The minimum atomic E-state index is -0.985. The molecule has 6 rings (SSSR count). The predicted molar refractivity (Wildman–Crippen MR) is 201 cm³/mol. The number of hydrogen-bond acceptors (Lipinski definition) is 7. The van der Waals surface area contributed by atoms with Crippen LogP contribution in [0.2, 0.25) is 0 Å². The molecule has 272 valence electrons. The Morgan fingerprint density at radius 2 is 1.68 bits per heavy atom. The van der Waals surface area contributed by atoms with Gasteiger partial charge >= 0.3 is 6.03 Å². The monoisotopic (exact) mass is 715 g/mol. The average molecular weight is 716 g/mol. The molecule has 13 nitrogen and oxygen atoms in total. The van der Waals surface area contributed by atoms with E-state index in [4.69, 9.17) is 0 Å². The molecule has 0 saturated carbocycles. The molecular weight excluding hydrogens is 674 g/mol. The number of nitro benzene ring substituents is 1. The molecule has 13 heteroatoms. The van der Waals surface area contributed by atoms with Crippen molar-refractivity contribution in [3.63, 3.8) is 0 Å². The summed E-state index contributed by atoms with van der Waals surface area (Å²) in [5, 5.41) is 31.2. The number of piperazine rings is 1. The summed E-state index contributed by atoms with van der Waals surface area (Å²) in [5.41, 5.74) is 4.06. The van der Waals surface area contributed by atoms with E-state index in [1.807, 2.05) is 71.4 Å². The molecule has 0 aliphatic carbocycles. The van der Waals surface area contributed by atoms with E-state index in [0.29, 0.717) is 13.1 Å². The molecule has 0 radical (unpaired) electrons. The van der Waals surface area contributed by atoms with Crippen molar-refractivity contribution >= 4 is 34.4 Å². The van der Waals surface area contributed by atoms with Gasteiger partial charge in [0.2, 0.25) is 11.8 Å². The van der Waals surface area contributed by atoms with Crippen LogP contribution in [0.4, 0.5) is 10.5 Å². The Morgan fingerprint density at radius 1 is 0.925 bits per heavy atom. The quantitative estimate of drug-likeness (QED) is 0.0562. The Kier molecular flexibility index (Phi) is 11.4. The summed E-state index contributed by atoms with van der Waals surface area (Å²) in [4.78, 5) is 56.1. The Hall–Kier alpha value is -6.47. The van der Waals surface area contributed by atoms with E-state index in [-0.39, 0.29) is 55.9 Å². The first-order chi connectivity index (χ1) is 25.7. The second-order valence-electron chi connectivity index (χ2n) is 12.9. The van der Waals surface area contributed by atoms with Crippen LogP contribution in [0, 0.1) is 10.1 Å². The summed E-state index contributed by atoms with van der Waals surface area (Å²) in [6.45, 7) is 4.80. The summed E-state index contributed by atoms with van der Waals surface area (Å²) in [6, 6.07) is 28.7. The van der Waals surface area contributed by atoms with Gasteiger partial charge in [0.05, 0.1) is 23.5 Å². The second-order valence-corrected chi connectivity index (χ2v) is 12.9. The molecule has 1 aromatic heterocycles. The van der Waals surface area contributed by atoms with Crippen molar-refractivity contribution in [3.05, 3.63) is 154 Å². The maximum Gasteiger partial charge on any atom is 0.316 e. The molecule has 0 bridgehead atoms. The number of carbonyl (C=O) groups is 3. The van der Waals surface area contributed by atoms with E-state index >= 15 is 0 Å². The summed E-state index contributed by atoms with van der Waals surface area (Å²) < 4.78 is 2.00. The third-order valence-corrected chi connectivity index (χ3v) is 9.18. The predicted octanol–water partition coefficient (Wildman–Crippen LogP) is 4.69. The van der Waals surface area contributed by atoms with Crippen LogP contribution < -0.4 is 16.0 Å². The number of phenolic OH excluding ortho intramolecular Hbond substituents is 1. The van der Waals surface area contributed by atoms with Crippen LogP contribution in [0.25, 0.3) is 10.9 Å². The summed E-state index contributed by atoms with van der Waals surface area (Å²) in [5.74, 6) is -0.598. The van der Waals surface area contributed by atoms with E-state index in [1.165, 1.54) is 23.1 Å². The van der Waals surface area contributed by atoms with E-state index < -0.39 is 23.2 Å². The Bertz CT molecular complexity index is 2100. The van der Waals surface area contributed by atoms with Crippen LogP contribution in [0.15, 0.2) is 122 Å². The fraction of sp³-hybridized carbons (Fsp3) is 0.225. The highest BCUT2D eigenvalue weighted by atomic mass is 16.6. The molecule has 4 N–H and O–H groups in total. The van der Waals surface area contributed by atoms with Crippen LogP contribution in [0.1, 0.15) is 22.3 Å². The van der Waals surface area contributed by atoms with E-state index in [9.17, 15) is 29.6 Å². The molecule has 2 unspecified atom stereocenters. The maximum absolute atomic E-state index is 14.6. The number of carbonyl (C=O) groups excluding carboxylic acids is 3. The van der Waals surface area contributed by atoms with Gasteiger partial charge in [-0.3, -0.25) is 19.7 Å². The van der Waals surface area contributed by atoms with E-state index in [1.54, 1.807) is 35.2 Å². The minimum absolute atomic E-state index is 0.00269. The van der Waals surface area contributed by atoms with Gasteiger partial charge in [-0.15, -0.1) is 6.58 Å². The van der Waals surface area contributed by atoms with Crippen molar-refractivity contribution in [2.24, 2.45) is 0 Å². The largest absolute Gasteiger partial charge is 0.508 e. The number of aromatic nitrogens is 1. The van der Waals surface area contributed by atoms with Gasteiger partial charge in [-0.1, -0.05) is 78.9 Å². The van der Waals surface area contributed by atoms with Crippen LogP contribution in [0.5, 0.6) is 5.75 Å². The lowest BCUT2D eigenvalue weighted by Crippen LogP contribution is -2.69. The molecule has 53 heavy (non-hydrogen) atoms. The Balaban J connectivity index is 1.33. The first kappa shape index (κ1) is 36.3. The van der Waals surface area contributed by atoms with Crippen molar-refractivity contribution in [1.29, 1.82) is 0 Å². The number of nitrogens with zero attached hydrogens (tertiary/aromatic N) is 4. The fourth-order valence-corrected chi connectivity index (χ4v) is 6.70. The third kappa shape index (κ3) is 8.89. The van der Waals surface area contributed by atoms with Crippen molar-refractivity contribution in [2.75, 3.05) is 19.6 Å². The molecule has 5 aromatic rings. The van der Waals surface area contributed by atoms with Crippen molar-refractivity contribution < 1.29 is 24.4 Å². The molecule has 1 saturated heterocycles. The van der Waals surface area contributed by atoms with Crippen LogP contribution in [-0.2, 0) is 35.6 Å². The number of urea groups is 1. The first-order valence-corrected chi connectivity index (χ1v) is 17.3. The molecule has 0 spiro atoms. The van der Waals surface area contributed by atoms with Crippen molar-refractivity contribution in [1.82, 2.24) is 30.3 Å². The van der Waals surface area contributed by atoms with Gasteiger partial charge in [0.15, 0.2) is 0 Å². The van der Waals surface area contributed by atoms with Gasteiger partial charge in [0.1, 0.15) is 18.0 Å². The maximum atomic E-state index is 14.6. The Morgan fingerprint density at radius 3 is 2.43 bits per heavy atom. The SMILES string of the molecule is C=CCNCC(=O)N1C(NC(=O)NCc2ccccc2)CN(Cc2cccc3ccn(Cc4cccc([N+](=O)[O-])c4)c23)C(=O)C1Cc1ccc(O)cc1. The molecule has 1 aliphatic rings. The normalized spacial score (nSPS) is 15.7. The van der Waals surface area contributed by atoms with Crippen LogP contribution >= 0.6 is 0 Å². The number of hydrogen-bond donors (Lipinski definition) is 4. The van der Waals surface area contributed by atoms with Gasteiger partial charge < -0.3 is 35.4 Å². The molecular formula is C40H41N7O6. The van der Waals surface area contributed by atoms with Crippen molar-refractivity contribution in [2.45, 2.75) is 38.3 Å². The zero-order valence-electron chi connectivity index (χ0n) is 29.1. The zero-order chi connectivity index (χ0) is 37.3. The summed E-state index contributed by atoms with van der Waals surface area (Å²) in [6.07, 6.45) is 2.79. The number of amides is 4. The van der Waals surface area contributed by atoms with Crippen LogP contribution in [-0.4, -0.2) is 74.1 Å². The molecule has 4 amide bonds. The molecule has 2 atom stereocenters. The number of rotatable bonds is 14. The molecule has 1 fully saturated rings. The fourth-order valence-electron chi connectivity index (χ4n) is 6.70. The lowest BCUT2D eigenvalue weighted by molar-refractivity contribution is -0.384. The van der Waals surface area contributed by atoms with Crippen molar-refractivity contribution in [3.8, 4) is 5.75 Å². The number of nitro groups is 1.